The van der Waals surface area contributed by atoms with Crippen LogP contribution in [0.1, 0.15) is 35.7 Å². The Morgan fingerprint density at radius 3 is 2.78 bits per heavy atom. The third kappa shape index (κ3) is 2.54. The van der Waals surface area contributed by atoms with Gasteiger partial charge in [-0.1, -0.05) is 18.2 Å². The van der Waals surface area contributed by atoms with Crippen LogP contribution in [-0.4, -0.2) is 24.6 Å². The van der Waals surface area contributed by atoms with Crippen molar-refractivity contribution >= 4 is 30.0 Å². The molecule has 0 saturated heterocycles. The predicted molar refractivity (Wildman–Crippen MR) is 90.8 cm³/mol. The summed E-state index contributed by atoms with van der Waals surface area (Å²) >= 11 is 0. The van der Waals surface area contributed by atoms with Gasteiger partial charge in [0.25, 0.3) is 0 Å². The second kappa shape index (κ2) is 5.43. The minimum atomic E-state index is 0.666. The van der Waals surface area contributed by atoms with E-state index in [-0.39, 0.29) is 0 Å². The topological polar surface area (TPSA) is 56.0 Å². The molecule has 0 aromatic carbocycles. The molecule has 114 valence electrons. The van der Waals surface area contributed by atoms with Crippen LogP contribution < -0.4 is 10.6 Å². The van der Waals surface area contributed by atoms with Crippen molar-refractivity contribution < 1.29 is 0 Å². The zero-order valence-electron chi connectivity index (χ0n) is 13.2. The van der Waals surface area contributed by atoms with Crippen molar-refractivity contribution in [3.63, 3.8) is 0 Å². The number of pyridine rings is 1. The first-order chi connectivity index (χ1) is 11.2. The van der Waals surface area contributed by atoms with Crippen molar-refractivity contribution in [1.82, 2.24) is 24.6 Å². The van der Waals surface area contributed by atoms with Gasteiger partial charge in [0.15, 0.2) is 11.5 Å². The fourth-order valence-electron chi connectivity index (χ4n) is 2.73. The Morgan fingerprint density at radius 1 is 1.04 bits per heavy atom. The molecule has 3 aromatic rings. The minimum absolute atomic E-state index is 0.666. The first-order valence-electron chi connectivity index (χ1n) is 7.75. The molecule has 0 aliphatic heterocycles. The first kappa shape index (κ1) is 13.8. The van der Waals surface area contributed by atoms with Crippen molar-refractivity contribution in [1.29, 1.82) is 0 Å². The summed E-state index contributed by atoms with van der Waals surface area (Å²) in [6.45, 7) is 3.91. The van der Waals surface area contributed by atoms with Gasteiger partial charge < -0.3 is 0 Å². The Bertz CT molecular complexity index is 1000. The summed E-state index contributed by atoms with van der Waals surface area (Å²) in [7, 11) is 0. The molecule has 1 aliphatic rings. The van der Waals surface area contributed by atoms with Gasteiger partial charge in [0.1, 0.15) is 0 Å². The molecule has 0 radical (unpaired) electrons. The van der Waals surface area contributed by atoms with E-state index >= 15 is 0 Å². The Morgan fingerprint density at radius 2 is 1.91 bits per heavy atom. The monoisotopic (exact) mass is 303 g/mol. The Balaban J connectivity index is 1.72. The lowest BCUT2D eigenvalue weighted by Gasteiger charge is -1.99. The summed E-state index contributed by atoms with van der Waals surface area (Å²) in [6.07, 6.45) is 12.2. The Labute approximate surface area is 133 Å². The molecule has 0 atom stereocenters. The fourth-order valence-corrected chi connectivity index (χ4v) is 2.73. The fraction of sp³-hybridized carbons (Fsp3) is 0.222. The van der Waals surface area contributed by atoms with Crippen molar-refractivity contribution in [3.05, 3.63) is 51.8 Å². The molecule has 5 heteroatoms. The molecule has 0 unspecified atom stereocenters. The van der Waals surface area contributed by atoms with Crippen LogP contribution >= 0.6 is 0 Å². The van der Waals surface area contributed by atoms with Crippen molar-refractivity contribution in [2.24, 2.45) is 0 Å². The number of aryl methyl sites for hydroxylation is 2. The SMILES string of the molecule is Cc1ncc(C)n2nc(C=Cc3ccc4c(n3)=CCCC=4)nc12. The van der Waals surface area contributed by atoms with E-state index < -0.39 is 0 Å². The van der Waals surface area contributed by atoms with Gasteiger partial charge in [-0.3, -0.25) is 4.98 Å². The van der Waals surface area contributed by atoms with Crippen LogP contribution in [0.2, 0.25) is 0 Å². The molecule has 3 heterocycles. The van der Waals surface area contributed by atoms with Crippen LogP contribution in [0.3, 0.4) is 0 Å². The van der Waals surface area contributed by atoms with E-state index in [1.807, 2.05) is 42.8 Å². The smallest absolute Gasteiger partial charge is 0.177 e. The molecule has 0 saturated carbocycles. The van der Waals surface area contributed by atoms with Crippen molar-refractivity contribution in [2.45, 2.75) is 26.7 Å². The van der Waals surface area contributed by atoms with E-state index in [1.54, 1.807) is 0 Å². The van der Waals surface area contributed by atoms with Gasteiger partial charge in [-0.2, -0.15) is 0 Å². The lowest BCUT2D eigenvalue weighted by atomic mass is 10.1. The van der Waals surface area contributed by atoms with Gasteiger partial charge in [0, 0.05) is 6.20 Å². The van der Waals surface area contributed by atoms with Gasteiger partial charge in [-0.25, -0.2) is 14.5 Å². The van der Waals surface area contributed by atoms with Crippen LogP contribution in [0.4, 0.5) is 0 Å². The highest BCUT2D eigenvalue weighted by atomic mass is 15.3. The molecule has 5 nitrogen and oxygen atoms in total. The van der Waals surface area contributed by atoms with Crippen LogP contribution in [0.15, 0.2) is 18.3 Å². The van der Waals surface area contributed by atoms with Gasteiger partial charge in [-0.05, 0) is 50.1 Å². The third-order valence-corrected chi connectivity index (χ3v) is 3.98. The minimum Gasteiger partial charge on any atom is -0.256 e. The second-order valence-electron chi connectivity index (χ2n) is 5.72. The number of rotatable bonds is 2. The summed E-state index contributed by atoms with van der Waals surface area (Å²) < 4.78 is 1.82. The van der Waals surface area contributed by atoms with Gasteiger partial charge in [0.2, 0.25) is 0 Å². The van der Waals surface area contributed by atoms with Gasteiger partial charge in [-0.15, -0.1) is 5.10 Å². The molecule has 4 rings (SSSR count). The molecule has 0 spiro atoms. The van der Waals surface area contributed by atoms with Gasteiger partial charge >= 0.3 is 0 Å². The van der Waals surface area contributed by atoms with Crippen molar-refractivity contribution in [2.75, 3.05) is 0 Å². The second-order valence-corrected chi connectivity index (χ2v) is 5.72. The van der Waals surface area contributed by atoms with E-state index in [0.717, 1.165) is 40.9 Å². The summed E-state index contributed by atoms with van der Waals surface area (Å²) in [5, 5.41) is 6.80. The van der Waals surface area contributed by atoms with E-state index in [2.05, 4.69) is 38.3 Å². The Kier molecular flexibility index (Phi) is 3.26. The summed E-state index contributed by atoms with van der Waals surface area (Å²) in [5.74, 6) is 0.666. The molecular formula is C18H17N5. The van der Waals surface area contributed by atoms with Crippen LogP contribution in [0, 0.1) is 13.8 Å². The molecular weight excluding hydrogens is 286 g/mol. The van der Waals surface area contributed by atoms with Crippen LogP contribution in [0.25, 0.3) is 30.0 Å². The number of aromatic nitrogens is 5. The maximum atomic E-state index is 4.67. The molecule has 3 aromatic heterocycles. The lowest BCUT2D eigenvalue weighted by Crippen LogP contribution is -2.30. The molecule has 0 N–H and O–H groups in total. The zero-order chi connectivity index (χ0) is 15.8. The first-order valence-corrected chi connectivity index (χ1v) is 7.75. The highest BCUT2D eigenvalue weighted by molar-refractivity contribution is 5.65. The summed E-state index contributed by atoms with van der Waals surface area (Å²) in [5.41, 5.74) is 3.56. The zero-order valence-corrected chi connectivity index (χ0v) is 13.2. The standard InChI is InChI=1S/C18H17N5/c1-12-11-19-13(2)18-21-17(22-23(12)18)10-9-15-8-7-14-5-3-4-6-16(14)20-15/h5-11H,3-4H2,1-2H3. The number of fused-ring (bicyclic) bond motifs is 2. The molecule has 23 heavy (non-hydrogen) atoms. The van der Waals surface area contributed by atoms with Crippen molar-refractivity contribution in [3.8, 4) is 0 Å². The van der Waals surface area contributed by atoms with E-state index in [9.17, 15) is 0 Å². The van der Waals surface area contributed by atoms with Gasteiger partial charge in [0.05, 0.1) is 22.4 Å². The summed E-state index contributed by atoms with van der Waals surface area (Å²) in [4.78, 5) is 13.5. The quantitative estimate of drug-likeness (QED) is 0.722. The largest absolute Gasteiger partial charge is 0.256 e. The molecule has 0 amide bonds. The molecule has 0 bridgehead atoms. The maximum absolute atomic E-state index is 4.67. The maximum Gasteiger partial charge on any atom is 0.177 e. The van der Waals surface area contributed by atoms with Crippen LogP contribution in [-0.2, 0) is 0 Å². The highest BCUT2D eigenvalue weighted by Gasteiger charge is 2.06. The third-order valence-electron chi connectivity index (χ3n) is 3.98. The Hall–Kier alpha value is -2.82. The van der Waals surface area contributed by atoms with E-state index in [4.69, 9.17) is 0 Å². The molecule has 1 aliphatic carbocycles. The average Bonchev–Trinajstić information content (AvgIpc) is 3.02. The average molecular weight is 303 g/mol. The van der Waals surface area contributed by atoms with E-state index in [1.165, 1.54) is 5.22 Å². The summed E-state index contributed by atoms with van der Waals surface area (Å²) in [6, 6.07) is 4.14. The lowest BCUT2D eigenvalue weighted by molar-refractivity contribution is 0.884. The predicted octanol–water partition coefficient (Wildman–Crippen LogP) is 1.66. The van der Waals surface area contributed by atoms with E-state index in [0.29, 0.717) is 5.82 Å². The normalized spacial score (nSPS) is 13.8. The number of hydrogen-bond acceptors (Lipinski definition) is 4. The van der Waals surface area contributed by atoms with Crippen LogP contribution in [0.5, 0.6) is 0 Å². The molecule has 0 fully saturated rings. The highest BCUT2D eigenvalue weighted by Crippen LogP contribution is 2.09. The number of hydrogen-bond donors (Lipinski definition) is 0. The number of nitrogens with zero attached hydrogens (tertiary/aromatic N) is 5.